The first-order chi connectivity index (χ1) is 15.6. The second-order valence-corrected chi connectivity index (χ2v) is 7.16. The molecule has 7 nitrogen and oxygen atoms in total. The molecule has 0 saturated heterocycles. The molecule has 0 fully saturated rings. The lowest BCUT2D eigenvalue weighted by molar-refractivity contribution is 0.100. The summed E-state index contributed by atoms with van der Waals surface area (Å²) in [5.41, 5.74) is 11.5. The average Bonchev–Trinajstić information content (AvgIpc) is 3.20. The first-order valence-electron chi connectivity index (χ1n) is 10.1. The third-order valence-corrected chi connectivity index (χ3v) is 5.02. The van der Waals surface area contributed by atoms with Crippen molar-refractivity contribution in [2.45, 2.75) is 13.5 Å². The van der Waals surface area contributed by atoms with Crippen molar-refractivity contribution in [1.82, 2.24) is 14.4 Å². The van der Waals surface area contributed by atoms with Crippen LogP contribution in [-0.4, -0.2) is 33.4 Å². The molecule has 4 aromatic rings. The standard InChI is InChI=1S/C25H23N5O2/c1-17(31)25-22(29-23-5-3-4-14-30(23)25)16-32-20-8-6-19(7-9-20)24(26)21(15-27-2)18-10-12-28-13-11-18/h3-15H,16,26H2,1-2H3/b24-21+,27-15?. The van der Waals surface area contributed by atoms with E-state index in [2.05, 4.69) is 15.0 Å². The highest BCUT2D eigenvalue weighted by atomic mass is 16.5. The Labute approximate surface area is 185 Å². The van der Waals surface area contributed by atoms with Crippen molar-refractivity contribution < 1.29 is 9.53 Å². The van der Waals surface area contributed by atoms with Crippen molar-refractivity contribution in [3.05, 3.63) is 95.7 Å². The Morgan fingerprint density at radius 3 is 2.53 bits per heavy atom. The monoisotopic (exact) mass is 425 g/mol. The van der Waals surface area contributed by atoms with Crippen molar-refractivity contribution in [2.75, 3.05) is 7.05 Å². The number of ether oxygens (including phenoxy) is 1. The summed E-state index contributed by atoms with van der Waals surface area (Å²) in [6, 6.07) is 16.9. The van der Waals surface area contributed by atoms with E-state index in [0.29, 0.717) is 28.5 Å². The molecule has 32 heavy (non-hydrogen) atoms. The quantitative estimate of drug-likeness (QED) is 0.356. The maximum Gasteiger partial charge on any atom is 0.178 e. The summed E-state index contributed by atoms with van der Waals surface area (Å²) in [6.07, 6.45) is 7.00. The molecule has 0 radical (unpaired) electrons. The molecule has 1 aromatic carbocycles. The fourth-order valence-corrected chi connectivity index (χ4v) is 3.52. The third-order valence-electron chi connectivity index (χ3n) is 5.02. The van der Waals surface area contributed by atoms with Gasteiger partial charge >= 0.3 is 0 Å². The van der Waals surface area contributed by atoms with Crippen LogP contribution in [0, 0.1) is 0 Å². The van der Waals surface area contributed by atoms with Gasteiger partial charge in [0.05, 0.1) is 0 Å². The Morgan fingerprint density at radius 2 is 1.84 bits per heavy atom. The molecule has 0 amide bonds. The van der Waals surface area contributed by atoms with Gasteiger partial charge in [0.1, 0.15) is 29.4 Å². The van der Waals surface area contributed by atoms with E-state index in [1.54, 1.807) is 30.1 Å². The maximum absolute atomic E-state index is 12.2. The number of ketones is 1. The van der Waals surface area contributed by atoms with E-state index in [0.717, 1.165) is 16.7 Å². The molecule has 0 atom stereocenters. The van der Waals surface area contributed by atoms with Gasteiger partial charge in [0.2, 0.25) is 0 Å². The first kappa shape index (κ1) is 21.0. The molecule has 2 N–H and O–H groups in total. The average molecular weight is 425 g/mol. The molecule has 0 aliphatic rings. The van der Waals surface area contributed by atoms with Crippen LogP contribution in [0.5, 0.6) is 5.75 Å². The number of carbonyl (C=O) groups is 1. The van der Waals surface area contributed by atoms with Crippen LogP contribution in [0.2, 0.25) is 0 Å². The number of aromatic nitrogens is 3. The molecule has 0 saturated carbocycles. The smallest absolute Gasteiger partial charge is 0.178 e. The van der Waals surface area contributed by atoms with Crippen LogP contribution >= 0.6 is 0 Å². The fourth-order valence-electron chi connectivity index (χ4n) is 3.52. The van der Waals surface area contributed by atoms with Gasteiger partial charge < -0.3 is 10.5 Å². The fraction of sp³-hybridized carbons (Fsp3) is 0.120. The molecule has 0 unspecified atom stereocenters. The zero-order valence-electron chi connectivity index (χ0n) is 17.9. The summed E-state index contributed by atoms with van der Waals surface area (Å²) in [7, 11) is 1.71. The number of fused-ring (bicyclic) bond motifs is 1. The molecule has 0 aliphatic carbocycles. The molecule has 7 heteroatoms. The number of aliphatic imine (C=N–C) groups is 1. The van der Waals surface area contributed by atoms with Gasteiger partial charge in [0.15, 0.2) is 5.78 Å². The summed E-state index contributed by atoms with van der Waals surface area (Å²) in [5, 5.41) is 0. The number of pyridine rings is 2. The molecule has 3 heterocycles. The van der Waals surface area contributed by atoms with Crippen LogP contribution in [0.3, 0.4) is 0 Å². The van der Waals surface area contributed by atoms with Gasteiger partial charge in [-0.2, -0.15) is 0 Å². The number of carbonyl (C=O) groups excluding carboxylic acids is 1. The lowest BCUT2D eigenvalue weighted by Gasteiger charge is -2.10. The van der Waals surface area contributed by atoms with Crippen molar-refractivity contribution in [2.24, 2.45) is 10.7 Å². The number of nitrogens with zero attached hydrogens (tertiary/aromatic N) is 4. The summed E-state index contributed by atoms with van der Waals surface area (Å²) in [4.78, 5) is 24.9. The zero-order valence-corrected chi connectivity index (χ0v) is 17.9. The highest BCUT2D eigenvalue weighted by Gasteiger charge is 2.16. The number of hydrogen-bond acceptors (Lipinski definition) is 6. The lowest BCUT2D eigenvalue weighted by atomic mass is 10.0. The normalized spacial score (nSPS) is 12.2. The van der Waals surface area contributed by atoms with Gasteiger partial charge in [0, 0.05) is 50.0 Å². The minimum atomic E-state index is -0.0585. The molecule has 0 aliphatic heterocycles. The van der Waals surface area contributed by atoms with Crippen molar-refractivity contribution in [3.63, 3.8) is 0 Å². The summed E-state index contributed by atoms with van der Waals surface area (Å²) < 4.78 is 7.70. The lowest BCUT2D eigenvalue weighted by Crippen LogP contribution is -2.06. The number of imidazole rings is 1. The number of allylic oxidation sites excluding steroid dienone is 1. The number of hydrogen-bond donors (Lipinski definition) is 1. The molecule has 160 valence electrons. The van der Waals surface area contributed by atoms with Crippen LogP contribution in [0.4, 0.5) is 0 Å². The van der Waals surface area contributed by atoms with Gasteiger partial charge in [-0.1, -0.05) is 6.07 Å². The molecule has 4 rings (SSSR count). The van der Waals surface area contributed by atoms with Gasteiger partial charge in [-0.25, -0.2) is 4.98 Å². The number of nitrogens with two attached hydrogens (primary N) is 1. The van der Waals surface area contributed by atoms with Crippen LogP contribution in [-0.2, 0) is 6.61 Å². The van der Waals surface area contributed by atoms with E-state index in [4.69, 9.17) is 10.5 Å². The van der Waals surface area contributed by atoms with E-state index < -0.39 is 0 Å². The van der Waals surface area contributed by atoms with Gasteiger partial charge in [-0.05, 0) is 59.7 Å². The van der Waals surface area contributed by atoms with Crippen molar-refractivity contribution in [3.8, 4) is 5.75 Å². The minimum Gasteiger partial charge on any atom is -0.487 e. The van der Waals surface area contributed by atoms with Crippen molar-refractivity contribution >= 4 is 28.9 Å². The first-order valence-corrected chi connectivity index (χ1v) is 10.1. The Balaban J connectivity index is 1.57. The second kappa shape index (κ2) is 9.26. The van der Waals surface area contributed by atoms with Crippen LogP contribution in [0.15, 0.2) is 78.2 Å². The number of rotatable bonds is 7. The van der Waals surface area contributed by atoms with E-state index >= 15 is 0 Å². The molecule has 0 spiro atoms. The molecule has 0 bridgehead atoms. The Kier molecular flexibility index (Phi) is 6.07. The summed E-state index contributed by atoms with van der Waals surface area (Å²) in [5.74, 6) is 0.597. The molecular weight excluding hydrogens is 402 g/mol. The van der Waals surface area contributed by atoms with Gasteiger partial charge in [0.25, 0.3) is 0 Å². The van der Waals surface area contributed by atoms with E-state index in [1.165, 1.54) is 6.92 Å². The predicted molar refractivity (Wildman–Crippen MR) is 126 cm³/mol. The Hall–Kier alpha value is -4.26. The van der Waals surface area contributed by atoms with E-state index in [1.807, 2.05) is 60.8 Å². The largest absolute Gasteiger partial charge is 0.487 e. The highest BCUT2D eigenvalue weighted by molar-refractivity contribution is 6.18. The zero-order chi connectivity index (χ0) is 22.5. The second-order valence-electron chi connectivity index (χ2n) is 7.16. The maximum atomic E-state index is 12.2. The number of Topliss-reactive ketones (excluding diaryl/α,β-unsaturated/α-hetero) is 1. The van der Waals surface area contributed by atoms with Crippen LogP contribution < -0.4 is 10.5 Å². The van der Waals surface area contributed by atoms with Crippen LogP contribution in [0.25, 0.3) is 16.9 Å². The number of benzene rings is 1. The summed E-state index contributed by atoms with van der Waals surface area (Å²) in [6.45, 7) is 1.72. The molecule has 3 aromatic heterocycles. The highest BCUT2D eigenvalue weighted by Crippen LogP contribution is 2.24. The van der Waals surface area contributed by atoms with Gasteiger partial charge in [-0.15, -0.1) is 0 Å². The third kappa shape index (κ3) is 4.27. The van der Waals surface area contributed by atoms with E-state index in [9.17, 15) is 4.79 Å². The van der Waals surface area contributed by atoms with Crippen LogP contribution in [0.1, 0.15) is 34.2 Å². The van der Waals surface area contributed by atoms with Gasteiger partial charge in [-0.3, -0.25) is 19.2 Å². The predicted octanol–water partition coefficient (Wildman–Crippen LogP) is 4.04. The SMILES string of the molecule is CN=C/C(=C(\N)c1ccc(OCc2nc3ccccn3c2C(C)=O)cc1)c1ccncc1. The topological polar surface area (TPSA) is 94.9 Å². The minimum absolute atomic E-state index is 0.0585. The van der Waals surface area contributed by atoms with Crippen molar-refractivity contribution in [1.29, 1.82) is 0 Å². The molecular formula is C25H23N5O2. The van der Waals surface area contributed by atoms with E-state index in [-0.39, 0.29) is 12.4 Å². The summed E-state index contributed by atoms with van der Waals surface area (Å²) >= 11 is 0. The Morgan fingerprint density at radius 1 is 1.09 bits per heavy atom. The Bertz CT molecular complexity index is 1310.